The predicted molar refractivity (Wildman–Crippen MR) is 78.6 cm³/mol. The molecule has 1 aromatic heterocycles. The molecular weight excluding hydrogens is 267 g/mol. The summed E-state index contributed by atoms with van der Waals surface area (Å²) >= 11 is 0. The number of rotatable bonds is 3. The quantitative estimate of drug-likeness (QED) is 0.799. The van der Waals surface area contributed by atoms with E-state index in [1.165, 1.54) is 12.1 Å². The number of aldehydes is 1. The van der Waals surface area contributed by atoms with Gasteiger partial charge in [0.05, 0.1) is 17.0 Å². The van der Waals surface area contributed by atoms with E-state index in [-0.39, 0.29) is 11.7 Å². The lowest BCUT2D eigenvalue weighted by Crippen LogP contribution is -2.07. The molecule has 21 heavy (non-hydrogen) atoms. The number of carbonyl (C=O) groups is 1. The number of aryl methyl sites for hydroxylation is 1. The molecule has 0 radical (unpaired) electrons. The van der Waals surface area contributed by atoms with Crippen molar-refractivity contribution in [2.24, 2.45) is 0 Å². The van der Waals surface area contributed by atoms with Crippen LogP contribution < -0.4 is 0 Å². The molecule has 0 aliphatic rings. The third-order valence-corrected chi connectivity index (χ3v) is 3.38. The fourth-order valence-electron chi connectivity index (χ4n) is 2.43. The van der Waals surface area contributed by atoms with Gasteiger partial charge in [-0.2, -0.15) is 5.26 Å². The monoisotopic (exact) mass is 282 g/mol. The number of carbonyl (C=O) groups excluding carboxylic acids is 1. The number of halogens is 1. The van der Waals surface area contributed by atoms with Crippen LogP contribution in [0.4, 0.5) is 4.39 Å². The lowest BCUT2D eigenvalue weighted by molar-refractivity contribution is 0.112. The third-order valence-electron chi connectivity index (χ3n) is 3.38. The van der Waals surface area contributed by atoms with Crippen molar-refractivity contribution in [3.8, 4) is 17.3 Å². The summed E-state index contributed by atoms with van der Waals surface area (Å²) < 4.78 is 13.1. The molecule has 2 rings (SSSR count). The Morgan fingerprint density at radius 1 is 1.29 bits per heavy atom. The lowest BCUT2D eigenvalue weighted by atomic mass is 9.89. The third kappa shape index (κ3) is 2.68. The molecule has 106 valence electrons. The van der Waals surface area contributed by atoms with Crippen LogP contribution in [0.5, 0.6) is 0 Å². The topological polar surface area (TPSA) is 53.8 Å². The van der Waals surface area contributed by atoms with Crippen LogP contribution in [0.25, 0.3) is 11.3 Å². The van der Waals surface area contributed by atoms with Gasteiger partial charge in [-0.05, 0) is 42.7 Å². The second kappa shape index (κ2) is 5.84. The summed E-state index contributed by atoms with van der Waals surface area (Å²) in [7, 11) is 0. The molecule has 0 N–H and O–H groups in total. The maximum absolute atomic E-state index is 13.1. The molecule has 3 nitrogen and oxygen atoms in total. The Bertz CT molecular complexity index is 728. The Morgan fingerprint density at radius 3 is 2.38 bits per heavy atom. The van der Waals surface area contributed by atoms with Crippen molar-refractivity contribution in [2.45, 2.75) is 26.7 Å². The summed E-state index contributed by atoms with van der Waals surface area (Å²) in [4.78, 5) is 15.9. The Hall–Kier alpha value is -2.54. The predicted octanol–water partition coefficient (Wildman–Crippen LogP) is 4.00. The van der Waals surface area contributed by atoms with Gasteiger partial charge in [0, 0.05) is 11.1 Å². The first kappa shape index (κ1) is 14.9. The second-order valence-electron chi connectivity index (χ2n) is 5.14. The number of nitrogens with zero attached hydrogens (tertiary/aromatic N) is 2. The first-order chi connectivity index (χ1) is 9.99. The first-order valence-electron chi connectivity index (χ1n) is 6.65. The zero-order chi connectivity index (χ0) is 15.6. The molecule has 0 saturated heterocycles. The van der Waals surface area contributed by atoms with Crippen molar-refractivity contribution in [3.63, 3.8) is 0 Å². The number of hydrogen-bond acceptors (Lipinski definition) is 3. The van der Waals surface area contributed by atoms with Gasteiger partial charge in [-0.15, -0.1) is 0 Å². The van der Waals surface area contributed by atoms with Crippen LogP contribution in [0, 0.1) is 24.1 Å². The molecule has 1 aromatic carbocycles. The fraction of sp³-hybridized carbons (Fsp3) is 0.235. The zero-order valence-corrected chi connectivity index (χ0v) is 12.1. The highest BCUT2D eigenvalue weighted by molar-refractivity contribution is 5.89. The number of nitriles is 1. The number of benzene rings is 1. The van der Waals surface area contributed by atoms with E-state index in [0.717, 1.165) is 6.29 Å². The van der Waals surface area contributed by atoms with Gasteiger partial charge in [0.25, 0.3) is 0 Å². The van der Waals surface area contributed by atoms with Crippen molar-refractivity contribution in [1.29, 1.82) is 5.26 Å². The molecule has 4 heteroatoms. The summed E-state index contributed by atoms with van der Waals surface area (Å²) in [6, 6.07) is 7.95. The van der Waals surface area contributed by atoms with Crippen molar-refractivity contribution < 1.29 is 9.18 Å². The molecule has 0 aliphatic heterocycles. The Morgan fingerprint density at radius 2 is 1.90 bits per heavy atom. The summed E-state index contributed by atoms with van der Waals surface area (Å²) in [5, 5.41) is 9.31. The summed E-state index contributed by atoms with van der Waals surface area (Å²) in [6.07, 6.45) is 0.724. The van der Waals surface area contributed by atoms with E-state index >= 15 is 0 Å². The van der Waals surface area contributed by atoms with Crippen LogP contribution in [0.2, 0.25) is 0 Å². The largest absolute Gasteiger partial charge is 0.298 e. The van der Waals surface area contributed by atoms with Gasteiger partial charge in [0.2, 0.25) is 0 Å². The zero-order valence-electron chi connectivity index (χ0n) is 12.1. The van der Waals surface area contributed by atoms with E-state index in [4.69, 9.17) is 0 Å². The molecule has 0 fully saturated rings. The smallest absolute Gasteiger partial charge is 0.152 e. The maximum atomic E-state index is 13.1. The van der Waals surface area contributed by atoms with Gasteiger partial charge in [0.15, 0.2) is 6.29 Å². The van der Waals surface area contributed by atoms with Crippen molar-refractivity contribution in [3.05, 3.63) is 52.5 Å². The fourth-order valence-corrected chi connectivity index (χ4v) is 2.43. The van der Waals surface area contributed by atoms with Crippen LogP contribution in [0.1, 0.15) is 46.9 Å². The highest BCUT2D eigenvalue weighted by Crippen LogP contribution is 2.31. The van der Waals surface area contributed by atoms with Gasteiger partial charge in [-0.25, -0.2) is 4.39 Å². The van der Waals surface area contributed by atoms with Crippen molar-refractivity contribution in [1.82, 2.24) is 4.98 Å². The summed E-state index contributed by atoms with van der Waals surface area (Å²) in [5.41, 5.74) is 3.26. The molecule has 0 saturated carbocycles. The highest BCUT2D eigenvalue weighted by Gasteiger charge is 2.20. The number of aromatic nitrogens is 1. The molecule has 0 unspecified atom stereocenters. The van der Waals surface area contributed by atoms with E-state index in [1.54, 1.807) is 19.1 Å². The van der Waals surface area contributed by atoms with E-state index in [1.807, 2.05) is 13.8 Å². The molecule has 0 atom stereocenters. The van der Waals surface area contributed by atoms with Gasteiger partial charge in [-0.3, -0.25) is 9.78 Å². The van der Waals surface area contributed by atoms with E-state index in [9.17, 15) is 14.4 Å². The minimum Gasteiger partial charge on any atom is -0.298 e. The van der Waals surface area contributed by atoms with Crippen LogP contribution in [-0.4, -0.2) is 11.3 Å². The number of hydrogen-bond donors (Lipinski definition) is 0. The summed E-state index contributed by atoms with van der Waals surface area (Å²) in [6.45, 7) is 5.60. The molecule has 0 amide bonds. The van der Waals surface area contributed by atoms with Crippen LogP contribution in [0.15, 0.2) is 24.3 Å². The van der Waals surface area contributed by atoms with Crippen LogP contribution in [0.3, 0.4) is 0 Å². The van der Waals surface area contributed by atoms with Gasteiger partial charge in [-0.1, -0.05) is 13.8 Å². The molecule has 0 aliphatic carbocycles. The van der Waals surface area contributed by atoms with Crippen LogP contribution in [-0.2, 0) is 0 Å². The maximum Gasteiger partial charge on any atom is 0.152 e. The van der Waals surface area contributed by atoms with Crippen LogP contribution >= 0.6 is 0 Å². The van der Waals surface area contributed by atoms with Gasteiger partial charge in [0.1, 0.15) is 11.9 Å². The Balaban J connectivity index is 2.81. The van der Waals surface area contributed by atoms with Crippen molar-refractivity contribution in [2.75, 3.05) is 0 Å². The highest BCUT2D eigenvalue weighted by atomic mass is 19.1. The molecule has 0 bridgehead atoms. The van der Waals surface area contributed by atoms with Gasteiger partial charge < -0.3 is 0 Å². The Labute approximate surface area is 123 Å². The Kier molecular flexibility index (Phi) is 4.13. The second-order valence-corrected chi connectivity index (χ2v) is 5.14. The normalized spacial score (nSPS) is 10.5. The lowest BCUT2D eigenvalue weighted by Gasteiger charge is -2.16. The molecule has 2 aromatic rings. The molecular formula is C17H15FN2O. The first-order valence-corrected chi connectivity index (χ1v) is 6.65. The minimum absolute atomic E-state index is 0.0146. The summed E-state index contributed by atoms with van der Waals surface area (Å²) in [5.74, 6) is -0.332. The minimum atomic E-state index is -0.346. The standard InChI is InChI=1S/C17H15FN2O/c1-10(2)16-14(8-19)11(3)20-17(15(16)9-21)12-4-6-13(18)7-5-12/h4-7,9-10H,1-3H3. The van der Waals surface area contributed by atoms with E-state index in [0.29, 0.717) is 33.6 Å². The van der Waals surface area contributed by atoms with E-state index < -0.39 is 0 Å². The van der Waals surface area contributed by atoms with Gasteiger partial charge >= 0.3 is 0 Å². The average molecular weight is 282 g/mol. The van der Waals surface area contributed by atoms with Crippen molar-refractivity contribution >= 4 is 6.29 Å². The average Bonchev–Trinajstić information content (AvgIpc) is 2.46. The SMILES string of the molecule is Cc1nc(-c2ccc(F)cc2)c(C=O)c(C(C)C)c1C#N. The van der Waals surface area contributed by atoms with E-state index in [2.05, 4.69) is 11.1 Å². The number of pyridine rings is 1. The molecule has 0 spiro atoms. The molecule has 1 heterocycles.